The van der Waals surface area contributed by atoms with Gasteiger partial charge < -0.3 is 4.90 Å². The van der Waals surface area contributed by atoms with Crippen molar-refractivity contribution >= 4 is 28.5 Å². The van der Waals surface area contributed by atoms with E-state index in [9.17, 15) is 4.21 Å². The zero-order valence-corrected chi connectivity index (χ0v) is 20.6. The second-order valence-corrected chi connectivity index (χ2v) is 10.0. The number of benzene rings is 2. The van der Waals surface area contributed by atoms with Crippen molar-refractivity contribution in [3.63, 3.8) is 0 Å². The molecule has 1 atom stereocenters. The van der Waals surface area contributed by atoms with Gasteiger partial charge >= 0.3 is 0 Å². The SMILES string of the molecule is CC.O=S(c1ccc(-c2cccc(Cl)c2)cc1)N1CCN=C1N1CCN(C2CCC2)CC1. The molecule has 1 saturated heterocycles. The zero-order valence-electron chi connectivity index (χ0n) is 19.0. The first-order valence-corrected chi connectivity index (χ1v) is 13.3. The molecule has 172 valence electrons. The van der Waals surface area contributed by atoms with Crippen LogP contribution in [0.5, 0.6) is 0 Å². The van der Waals surface area contributed by atoms with Gasteiger partial charge in [0.2, 0.25) is 5.96 Å². The molecule has 1 aliphatic carbocycles. The Bertz CT molecular complexity index is 953. The standard InChI is InChI=1S/C23H27ClN4OS.C2H6/c24-20-4-1-3-19(17-20)18-7-9-22(10-8-18)30(29)28-12-11-25-23(28)27-15-13-26(14-16-27)21-5-2-6-21;1-2/h1,3-4,7-10,17,21H,2,5-6,11-16H2;1-2H3. The van der Waals surface area contributed by atoms with Crippen LogP contribution in [-0.4, -0.2) is 69.6 Å². The molecular weight excluding hydrogens is 440 g/mol. The van der Waals surface area contributed by atoms with E-state index in [2.05, 4.69) is 9.80 Å². The second-order valence-electron chi connectivity index (χ2n) is 8.18. The van der Waals surface area contributed by atoms with Crippen LogP contribution in [0.2, 0.25) is 5.02 Å². The Morgan fingerprint density at radius 3 is 2.28 bits per heavy atom. The fourth-order valence-electron chi connectivity index (χ4n) is 4.43. The first kappa shape index (κ1) is 23.3. The van der Waals surface area contributed by atoms with Crippen LogP contribution in [0.1, 0.15) is 33.1 Å². The summed E-state index contributed by atoms with van der Waals surface area (Å²) in [6, 6.07) is 16.5. The minimum absolute atomic E-state index is 0.709. The van der Waals surface area contributed by atoms with Gasteiger partial charge in [0.15, 0.2) is 11.0 Å². The molecule has 3 aliphatic rings. The Hall–Kier alpha value is -1.89. The molecule has 0 radical (unpaired) electrons. The van der Waals surface area contributed by atoms with Gasteiger partial charge in [-0.25, -0.2) is 4.21 Å². The number of piperazine rings is 1. The molecule has 2 fully saturated rings. The number of guanidine groups is 1. The summed E-state index contributed by atoms with van der Waals surface area (Å²) in [4.78, 5) is 10.5. The molecule has 0 aromatic heterocycles. The van der Waals surface area contributed by atoms with Crippen molar-refractivity contribution < 1.29 is 4.21 Å². The van der Waals surface area contributed by atoms with E-state index >= 15 is 0 Å². The summed E-state index contributed by atoms with van der Waals surface area (Å²) >= 11 is 6.11. The molecule has 0 bridgehead atoms. The summed E-state index contributed by atoms with van der Waals surface area (Å²) in [6.45, 7) is 9.52. The lowest BCUT2D eigenvalue weighted by Crippen LogP contribution is -2.55. The number of hydrogen-bond acceptors (Lipinski definition) is 4. The third-order valence-electron chi connectivity index (χ3n) is 6.38. The number of hydrogen-bond donors (Lipinski definition) is 0. The molecule has 1 unspecified atom stereocenters. The third kappa shape index (κ3) is 5.03. The lowest BCUT2D eigenvalue weighted by molar-refractivity contribution is 0.0834. The Labute approximate surface area is 199 Å². The molecule has 2 aromatic carbocycles. The van der Waals surface area contributed by atoms with E-state index < -0.39 is 11.0 Å². The molecule has 0 amide bonds. The van der Waals surface area contributed by atoms with Crippen LogP contribution in [0.15, 0.2) is 58.4 Å². The topological polar surface area (TPSA) is 39.2 Å². The van der Waals surface area contributed by atoms with Crippen LogP contribution in [0.3, 0.4) is 0 Å². The van der Waals surface area contributed by atoms with E-state index in [0.29, 0.717) is 13.1 Å². The monoisotopic (exact) mass is 472 g/mol. The van der Waals surface area contributed by atoms with Crippen LogP contribution in [-0.2, 0) is 11.0 Å². The minimum atomic E-state index is -1.25. The average Bonchev–Trinajstić information content (AvgIpc) is 3.29. The largest absolute Gasteiger partial charge is 0.339 e. The fraction of sp³-hybridized carbons (Fsp3) is 0.480. The smallest absolute Gasteiger partial charge is 0.209 e. The summed E-state index contributed by atoms with van der Waals surface area (Å²) in [5.41, 5.74) is 2.13. The highest BCUT2D eigenvalue weighted by molar-refractivity contribution is 7.83. The van der Waals surface area contributed by atoms with E-state index in [0.717, 1.165) is 59.2 Å². The van der Waals surface area contributed by atoms with Gasteiger partial charge in [-0.15, -0.1) is 0 Å². The van der Waals surface area contributed by atoms with Crippen LogP contribution in [0, 0.1) is 0 Å². The van der Waals surface area contributed by atoms with Crippen molar-refractivity contribution in [3.8, 4) is 11.1 Å². The van der Waals surface area contributed by atoms with Gasteiger partial charge in [-0.3, -0.25) is 14.2 Å². The van der Waals surface area contributed by atoms with Crippen LogP contribution < -0.4 is 0 Å². The fourth-order valence-corrected chi connectivity index (χ4v) is 5.82. The van der Waals surface area contributed by atoms with Gasteiger partial charge in [0.05, 0.1) is 18.0 Å². The maximum absolute atomic E-state index is 13.3. The number of rotatable bonds is 4. The van der Waals surface area contributed by atoms with E-state index in [1.54, 1.807) is 0 Å². The van der Waals surface area contributed by atoms with Crippen molar-refractivity contribution in [1.29, 1.82) is 0 Å². The normalized spacial score (nSPS) is 20.3. The van der Waals surface area contributed by atoms with Gasteiger partial charge in [0.25, 0.3) is 0 Å². The first-order chi connectivity index (χ1) is 15.7. The highest BCUT2D eigenvalue weighted by Gasteiger charge is 2.33. The van der Waals surface area contributed by atoms with Gasteiger partial charge in [-0.1, -0.05) is 56.1 Å². The molecule has 5 nitrogen and oxygen atoms in total. The molecule has 0 spiro atoms. The van der Waals surface area contributed by atoms with Crippen molar-refractivity contribution in [2.45, 2.75) is 44.0 Å². The predicted molar refractivity (Wildman–Crippen MR) is 134 cm³/mol. The van der Waals surface area contributed by atoms with Crippen molar-refractivity contribution in [2.24, 2.45) is 4.99 Å². The summed E-state index contributed by atoms with van der Waals surface area (Å²) in [6.07, 6.45) is 4.07. The molecule has 0 N–H and O–H groups in total. The number of halogens is 1. The van der Waals surface area contributed by atoms with Gasteiger partial charge in [-0.05, 0) is 48.2 Å². The van der Waals surface area contributed by atoms with Crippen LogP contribution in [0.25, 0.3) is 11.1 Å². The van der Waals surface area contributed by atoms with E-state index in [1.807, 2.05) is 66.7 Å². The molecule has 2 heterocycles. The maximum Gasteiger partial charge on any atom is 0.209 e. The molecule has 5 rings (SSSR count). The quantitative estimate of drug-likeness (QED) is 0.635. The molecule has 1 saturated carbocycles. The molecule has 32 heavy (non-hydrogen) atoms. The van der Waals surface area contributed by atoms with Gasteiger partial charge in [0, 0.05) is 37.2 Å². The maximum atomic E-state index is 13.3. The first-order valence-electron chi connectivity index (χ1n) is 11.8. The van der Waals surface area contributed by atoms with E-state index in [4.69, 9.17) is 16.6 Å². The van der Waals surface area contributed by atoms with Gasteiger partial charge in [0.1, 0.15) is 0 Å². The number of nitrogens with zero attached hydrogens (tertiary/aromatic N) is 4. The molecule has 7 heteroatoms. The lowest BCUT2D eigenvalue weighted by Gasteiger charge is -2.44. The summed E-state index contributed by atoms with van der Waals surface area (Å²) < 4.78 is 15.3. The van der Waals surface area contributed by atoms with E-state index in [1.165, 1.54) is 19.3 Å². The Morgan fingerprint density at radius 2 is 1.66 bits per heavy atom. The van der Waals surface area contributed by atoms with Crippen LogP contribution >= 0.6 is 11.6 Å². The summed E-state index contributed by atoms with van der Waals surface area (Å²) in [5, 5.41) is 0.718. The van der Waals surface area contributed by atoms with Crippen molar-refractivity contribution in [3.05, 3.63) is 53.6 Å². The van der Waals surface area contributed by atoms with Gasteiger partial charge in [-0.2, -0.15) is 0 Å². The Balaban J connectivity index is 0.00000119. The van der Waals surface area contributed by atoms with E-state index in [-0.39, 0.29) is 0 Å². The molecular formula is C25H33ClN4OS. The second kappa shape index (κ2) is 10.8. The summed E-state index contributed by atoms with van der Waals surface area (Å²) in [7, 11) is -1.25. The Kier molecular flexibility index (Phi) is 7.87. The summed E-state index contributed by atoms with van der Waals surface area (Å²) in [5.74, 6) is 0.903. The predicted octanol–water partition coefficient (Wildman–Crippen LogP) is 4.90. The molecule has 2 aliphatic heterocycles. The third-order valence-corrected chi connectivity index (χ3v) is 8.04. The highest BCUT2D eigenvalue weighted by atomic mass is 35.5. The average molecular weight is 473 g/mol. The Morgan fingerprint density at radius 1 is 0.938 bits per heavy atom. The van der Waals surface area contributed by atoms with Crippen molar-refractivity contribution in [2.75, 3.05) is 39.3 Å². The van der Waals surface area contributed by atoms with Crippen LogP contribution in [0.4, 0.5) is 0 Å². The van der Waals surface area contributed by atoms with Crippen molar-refractivity contribution in [1.82, 2.24) is 14.1 Å². The lowest BCUT2D eigenvalue weighted by atomic mass is 9.91. The number of aliphatic imine (C=N–C) groups is 1. The zero-order chi connectivity index (χ0) is 22.5. The highest BCUT2D eigenvalue weighted by Crippen LogP contribution is 2.27. The minimum Gasteiger partial charge on any atom is -0.339 e. The molecule has 2 aromatic rings.